The number of aryl methyl sites for hydroxylation is 1. The average molecular weight is 435 g/mol. The highest BCUT2D eigenvalue weighted by molar-refractivity contribution is 7.15. The molecule has 5 aromatic rings. The largest absolute Gasteiger partial charge is 0.320 e. The summed E-state index contributed by atoms with van der Waals surface area (Å²) in [5, 5.41) is 9.13. The molecule has 6 nitrogen and oxygen atoms in total. The lowest BCUT2D eigenvalue weighted by Crippen LogP contribution is -2.16. The highest BCUT2D eigenvalue weighted by atomic mass is 32.1. The Kier molecular flexibility index (Phi) is 4.59. The standard InChI is InChI=1S/C22H15F2N5OS/c1-28-20(11-18(27-28)13-6-7-15(23)16(24)10-13)21(30)25-17-5-3-2-4-14(17)19-12-29-8-9-31-22(29)26-19/h2-12H,1H3,(H,25,30). The first-order chi connectivity index (χ1) is 15.0. The Morgan fingerprint density at radius 2 is 1.90 bits per heavy atom. The van der Waals surface area contributed by atoms with Crippen LogP contribution in [-0.2, 0) is 7.05 Å². The van der Waals surface area contributed by atoms with Crippen molar-refractivity contribution in [2.75, 3.05) is 5.32 Å². The van der Waals surface area contributed by atoms with Crippen LogP contribution >= 0.6 is 11.3 Å². The summed E-state index contributed by atoms with van der Waals surface area (Å²) in [6.45, 7) is 0. The SMILES string of the molecule is Cn1nc(-c2ccc(F)c(F)c2)cc1C(=O)Nc1ccccc1-c1cn2ccsc2n1. The summed E-state index contributed by atoms with van der Waals surface area (Å²) in [6.07, 6.45) is 3.83. The molecule has 154 valence electrons. The number of hydrogen-bond acceptors (Lipinski definition) is 4. The van der Waals surface area contributed by atoms with Gasteiger partial charge in [0.2, 0.25) is 0 Å². The molecule has 1 amide bonds. The number of imidazole rings is 1. The second-order valence-electron chi connectivity index (χ2n) is 6.89. The minimum Gasteiger partial charge on any atom is -0.320 e. The van der Waals surface area contributed by atoms with E-state index < -0.39 is 11.6 Å². The number of carbonyl (C=O) groups is 1. The molecule has 1 N–H and O–H groups in total. The van der Waals surface area contributed by atoms with Crippen molar-refractivity contribution < 1.29 is 13.6 Å². The van der Waals surface area contributed by atoms with E-state index in [0.29, 0.717) is 16.9 Å². The van der Waals surface area contributed by atoms with Crippen LogP contribution in [0.5, 0.6) is 0 Å². The Bertz CT molecular complexity index is 1410. The number of amides is 1. The molecule has 0 bridgehead atoms. The van der Waals surface area contributed by atoms with Crippen LogP contribution < -0.4 is 5.32 Å². The second kappa shape index (κ2) is 7.44. The number of benzene rings is 2. The second-order valence-corrected chi connectivity index (χ2v) is 7.76. The van der Waals surface area contributed by atoms with E-state index in [-0.39, 0.29) is 11.6 Å². The summed E-state index contributed by atoms with van der Waals surface area (Å²) in [5.41, 5.74) is 3.17. The van der Waals surface area contributed by atoms with Crippen LogP contribution in [0.4, 0.5) is 14.5 Å². The van der Waals surface area contributed by atoms with Gasteiger partial charge in [0.25, 0.3) is 5.91 Å². The third-order valence-electron chi connectivity index (χ3n) is 4.87. The smallest absolute Gasteiger partial charge is 0.273 e. The van der Waals surface area contributed by atoms with Crippen LogP contribution in [0.3, 0.4) is 0 Å². The van der Waals surface area contributed by atoms with E-state index in [2.05, 4.69) is 15.4 Å². The quantitative estimate of drug-likeness (QED) is 0.432. The molecule has 3 heterocycles. The molecule has 2 aromatic carbocycles. The number of thiazole rings is 1. The zero-order valence-corrected chi connectivity index (χ0v) is 17.0. The van der Waals surface area contributed by atoms with Gasteiger partial charge in [-0.2, -0.15) is 5.10 Å². The number of halogens is 2. The minimum atomic E-state index is -0.969. The lowest BCUT2D eigenvalue weighted by Gasteiger charge is -2.09. The maximum Gasteiger partial charge on any atom is 0.273 e. The van der Waals surface area contributed by atoms with Gasteiger partial charge < -0.3 is 5.32 Å². The number of carbonyl (C=O) groups excluding carboxylic acids is 1. The molecule has 0 atom stereocenters. The van der Waals surface area contributed by atoms with Gasteiger partial charge in [-0.25, -0.2) is 13.8 Å². The number of aromatic nitrogens is 4. The van der Waals surface area contributed by atoms with Crippen LogP contribution in [-0.4, -0.2) is 25.1 Å². The molecule has 0 unspecified atom stereocenters. The molecule has 0 radical (unpaired) electrons. The Hall–Kier alpha value is -3.85. The van der Waals surface area contributed by atoms with Gasteiger partial charge in [0.05, 0.1) is 17.1 Å². The van der Waals surface area contributed by atoms with Crippen molar-refractivity contribution in [3.63, 3.8) is 0 Å². The van der Waals surface area contributed by atoms with Crippen molar-refractivity contribution in [1.29, 1.82) is 0 Å². The monoisotopic (exact) mass is 435 g/mol. The summed E-state index contributed by atoms with van der Waals surface area (Å²) in [7, 11) is 1.62. The maximum absolute atomic E-state index is 13.6. The van der Waals surface area contributed by atoms with Crippen LogP contribution in [0.1, 0.15) is 10.5 Å². The third kappa shape index (κ3) is 3.49. The Morgan fingerprint density at radius 3 is 2.71 bits per heavy atom. The average Bonchev–Trinajstić information content (AvgIpc) is 3.45. The van der Waals surface area contributed by atoms with Gasteiger partial charge in [-0.15, -0.1) is 11.3 Å². The molecular weight excluding hydrogens is 420 g/mol. The molecule has 9 heteroatoms. The molecule has 31 heavy (non-hydrogen) atoms. The lowest BCUT2D eigenvalue weighted by atomic mass is 10.1. The van der Waals surface area contributed by atoms with Gasteiger partial charge in [0.1, 0.15) is 5.69 Å². The first-order valence-electron chi connectivity index (χ1n) is 9.32. The van der Waals surface area contributed by atoms with E-state index >= 15 is 0 Å². The van der Waals surface area contributed by atoms with E-state index in [9.17, 15) is 13.6 Å². The number of para-hydroxylation sites is 1. The normalized spacial score (nSPS) is 11.2. The van der Waals surface area contributed by atoms with Gasteiger partial charge in [-0.1, -0.05) is 18.2 Å². The van der Waals surface area contributed by atoms with Gasteiger partial charge in [-0.3, -0.25) is 13.9 Å². The molecule has 0 fully saturated rings. The summed E-state index contributed by atoms with van der Waals surface area (Å²) < 4.78 is 30.1. The summed E-state index contributed by atoms with van der Waals surface area (Å²) in [6, 6.07) is 12.4. The molecule has 0 saturated carbocycles. The number of anilines is 1. The molecule has 3 aromatic heterocycles. The van der Waals surface area contributed by atoms with Crippen LogP contribution in [0, 0.1) is 11.6 Å². The number of nitrogens with one attached hydrogen (secondary N) is 1. The summed E-state index contributed by atoms with van der Waals surface area (Å²) in [5.74, 6) is -2.28. The van der Waals surface area contributed by atoms with Gasteiger partial charge in [0.15, 0.2) is 16.6 Å². The zero-order chi connectivity index (χ0) is 21.5. The molecule has 5 rings (SSSR count). The predicted octanol–water partition coefficient (Wildman–Crippen LogP) is 4.99. The number of rotatable bonds is 4. The third-order valence-corrected chi connectivity index (χ3v) is 5.64. The van der Waals surface area contributed by atoms with Crippen LogP contribution in [0.2, 0.25) is 0 Å². The minimum absolute atomic E-state index is 0.278. The molecule has 0 aliphatic carbocycles. The van der Waals surface area contributed by atoms with Crippen molar-refractivity contribution in [2.45, 2.75) is 0 Å². The molecular formula is C22H15F2N5OS. The fourth-order valence-electron chi connectivity index (χ4n) is 3.34. The van der Waals surface area contributed by atoms with Crippen molar-refractivity contribution >= 4 is 27.9 Å². The lowest BCUT2D eigenvalue weighted by molar-refractivity contribution is 0.101. The fourth-order valence-corrected chi connectivity index (χ4v) is 4.04. The van der Waals surface area contributed by atoms with Crippen molar-refractivity contribution in [3.05, 3.63) is 83.6 Å². The first-order valence-corrected chi connectivity index (χ1v) is 10.2. The number of nitrogens with zero attached hydrogens (tertiary/aromatic N) is 4. The van der Waals surface area contributed by atoms with Gasteiger partial charge in [0, 0.05) is 35.9 Å². The molecule has 0 spiro atoms. The fraction of sp³-hybridized carbons (Fsp3) is 0.0455. The highest BCUT2D eigenvalue weighted by Gasteiger charge is 2.18. The number of fused-ring (bicyclic) bond motifs is 1. The predicted molar refractivity (Wildman–Crippen MR) is 115 cm³/mol. The summed E-state index contributed by atoms with van der Waals surface area (Å²) >= 11 is 1.53. The van der Waals surface area contributed by atoms with Crippen LogP contribution in [0.25, 0.3) is 27.5 Å². The maximum atomic E-state index is 13.6. The highest BCUT2D eigenvalue weighted by Crippen LogP contribution is 2.29. The first kappa shape index (κ1) is 19.1. The summed E-state index contributed by atoms with van der Waals surface area (Å²) in [4.78, 5) is 18.4. The molecule has 0 saturated heterocycles. The molecule has 0 aliphatic rings. The van der Waals surface area contributed by atoms with Crippen molar-refractivity contribution in [3.8, 4) is 22.5 Å². The Balaban J connectivity index is 1.45. The molecule has 0 aliphatic heterocycles. The van der Waals surface area contributed by atoms with E-state index in [1.807, 2.05) is 40.4 Å². The number of hydrogen-bond donors (Lipinski definition) is 1. The topological polar surface area (TPSA) is 64.2 Å². The zero-order valence-electron chi connectivity index (χ0n) is 16.2. The van der Waals surface area contributed by atoms with E-state index in [0.717, 1.165) is 28.4 Å². The van der Waals surface area contributed by atoms with Crippen molar-refractivity contribution in [1.82, 2.24) is 19.2 Å². The Labute approximate surface area is 179 Å². The van der Waals surface area contributed by atoms with E-state index in [4.69, 9.17) is 0 Å². The van der Waals surface area contributed by atoms with E-state index in [1.165, 1.54) is 28.2 Å². The van der Waals surface area contributed by atoms with Gasteiger partial charge in [-0.05, 0) is 30.3 Å². The Morgan fingerprint density at radius 1 is 1.06 bits per heavy atom. The van der Waals surface area contributed by atoms with Crippen LogP contribution in [0.15, 0.2) is 66.3 Å². The van der Waals surface area contributed by atoms with Crippen molar-refractivity contribution in [2.24, 2.45) is 7.05 Å². The van der Waals surface area contributed by atoms with Gasteiger partial charge >= 0.3 is 0 Å². The van der Waals surface area contributed by atoms with E-state index in [1.54, 1.807) is 13.1 Å².